The second-order valence-electron chi connectivity index (χ2n) is 7.37. The van der Waals surface area contributed by atoms with Gasteiger partial charge < -0.3 is 15.1 Å². The number of carbonyl (C=O) groups excluding carboxylic acids is 2. The van der Waals surface area contributed by atoms with Gasteiger partial charge in [0.2, 0.25) is 11.8 Å². The number of thioether (sulfide) groups is 1. The van der Waals surface area contributed by atoms with Gasteiger partial charge in [0.25, 0.3) is 0 Å². The van der Waals surface area contributed by atoms with E-state index >= 15 is 0 Å². The lowest BCUT2D eigenvalue weighted by Crippen LogP contribution is -2.35. The van der Waals surface area contributed by atoms with E-state index in [1.807, 2.05) is 37.4 Å². The van der Waals surface area contributed by atoms with Crippen LogP contribution in [0.15, 0.2) is 53.4 Å². The van der Waals surface area contributed by atoms with Crippen LogP contribution in [0.25, 0.3) is 0 Å². The number of amides is 2. The average molecular weight is 396 g/mol. The maximum absolute atomic E-state index is 12.8. The Hall–Kier alpha value is -2.47. The smallest absolute Gasteiger partial charge is 0.238 e. The summed E-state index contributed by atoms with van der Waals surface area (Å²) < 4.78 is 0. The molecule has 2 amide bonds. The lowest BCUT2D eigenvalue weighted by Gasteiger charge is -2.27. The number of para-hydroxylation sites is 2. The van der Waals surface area contributed by atoms with Gasteiger partial charge in [-0.2, -0.15) is 0 Å². The molecule has 2 aliphatic rings. The molecule has 1 fully saturated rings. The normalized spacial score (nSPS) is 18.5. The molecular formula is C22H25N3O2S. The van der Waals surface area contributed by atoms with Crippen LogP contribution in [0.2, 0.25) is 0 Å². The highest BCUT2D eigenvalue weighted by Crippen LogP contribution is 2.37. The van der Waals surface area contributed by atoms with Crippen molar-refractivity contribution in [1.82, 2.24) is 4.90 Å². The van der Waals surface area contributed by atoms with E-state index in [9.17, 15) is 9.59 Å². The first-order valence-electron chi connectivity index (χ1n) is 9.75. The Bertz CT molecular complexity index is 880. The highest BCUT2D eigenvalue weighted by atomic mass is 32.2. The van der Waals surface area contributed by atoms with Gasteiger partial charge in [-0.3, -0.25) is 9.59 Å². The van der Waals surface area contributed by atoms with E-state index in [0.29, 0.717) is 6.54 Å². The Balaban J connectivity index is 1.41. The molecule has 1 atom stereocenters. The summed E-state index contributed by atoms with van der Waals surface area (Å²) in [6.07, 6.45) is 2.64. The summed E-state index contributed by atoms with van der Waals surface area (Å²) in [5.41, 5.74) is 3.21. The van der Waals surface area contributed by atoms with Crippen LogP contribution in [0.1, 0.15) is 24.8 Å². The van der Waals surface area contributed by atoms with Crippen molar-refractivity contribution < 1.29 is 9.59 Å². The van der Waals surface area contributed by atoms with Crippen molar-refractivity contribution in [2.75, 3.05) is 30.4 Å². The van der Waals surface area contributed by atoms with Crippen LogP contribution in [-0.2, 0) is 16.1 Å². The molecule has 0 aliphatic carbocycles. The Morgan fingerprint density at radius 3 is 2.68 bits per heavy atom. The molecule has 1 N–H and O–H groups in total. The molecule has 0 bridgehead atoms. The third-order valence-electron chi connectivity index (χ3n) is 5.34. The molecule has 28 heavy (non-hydrogen) atoms. The van der Waals surface area contributed by atoms with Crippen molar-refractivity contribution in [3.63, 3.8) is 0 Å². The molecule has 2 heterocycles. The number of fused-ring (bicyclic) bond motifs is 1. The molecular weight excluding hydrogens is 370 g/mol. The molecule has 5 nitrogen and oxygen atoms in total. The number of hydrogen-bond acceptors (Lipinski definition) is 4. The minimum Gasteiger partial charge on any atom is -0.371 e. The number of nitrogens with one attached hydrogen (secondary N) is 1. The van der Waals surface area contributed by atoms with E-state index in [1.54, 1.807) is 4.90 Å². The van der Waals surface area contributed by atoms with E-state index in [0.717, 1.165) is 29.2 Å². The summed E-state index contributed by atoms with van der Waals surface area (Å²) in [4.78, 5) is 30.4. The van der Waals surface area contributed by atoms with Crippen LogP contribution in [0.4, 0.5) is 11.4 Å². The van der Waals surface area contributed by atoms with Gasteiger partial charge in [0.05, 0.1) is 10.9 Å². The zero-order valence-corrected chi connectivity index (χ0v) is 16.9. The SMILES string of the molecule is CN(Cc1ccccc1N1CCCC1)C(=O)C[C@H]1Sc2ccccc2NC1=O. The minimum absolute atomic E-state index is 0.0109. The first-order valence-corrected chi connectivity index (χ1v) is 10.6. The summed E-state index contributed by atoms with van der Waals surface area (Å²) in [5, 5.41) is 2.52. The number of hydrogen-bond donors (Lipinski definition) is 1. The molecule has 2 aliphatic heterocycles. The van der Waals surface area contributed by atoms with Gasteiger partial charge in [0.1, 0.15) is 0 Å². The second kappa shape index (κ2) is 8.27. The lowest BCUT2D eigenvalue weighted by molar-refractivity contribution is -0.131. The topological polar surface area (TPSA) is 52.6 Å². The number of anilines is 2. The number of carbonyl (C=O) groups is 2. The van der Waals surface area contributed by atoms with Gasteiger partial charge in [-0.05, 0) is 36.6 Å². The van der Waals surface area contributed by atoms with Gasteiger partial charge in [-0.1, -0.05) is 30.3 Å². The fourth-order valence-corrected chi connectivity index (χ4v) is 4.90. The fraction of sp³-hybridized carbons (Fsp3) is 0.364. The third-order valence-corrected chi connectivity index (χ3v) is 6.61. The summed E-state index contributed by atoms with van der Waals surface area (Å²) >= 11 is 1.47. The quantitative estimate of drug-likeness (QED) is 0.838. The summed E-state index contributed by atoms with van der Waals surface area (Å²) in [6.45, 7) is 2.71. The monoisotopic (exact) mass is 395 g/mol. The van der Waals surface area contributed by atoms with Crippen LogP contribution in [-0.4, -0.2) is 42.1 Å². The lowest BCUT2D eigenvalue weighted by atomic mass is 10.1. The maximum Gasteiger partial charge on any atom is 0.238 e. The van der Waals surface area contributed by atoms with Crippen molar-refractivity contribution in [1.29, 1.82) is 0 Å². The highest BCUT2D eigenvalue weighted by molar-refractivity contribution is 8.01. The first kappa shape index (κ1) is 18.9. The van der Waals surface area contributed by atoms with E-state index in [4.69, 9.17) is 0 Å². The number of nitrogens with zero attached hydrogens (tertiary/aromatic N) is 2. The largest absolute Gasteiger partial charge is 0.371 e. The zero-order valence-electron chi connectivity index (χ0n) is 16.1. The van der Waals surface area contributed by atoms with Crippen molar-refractivity contribution >= 4 is 35.0 Å². The van der Waals surface area contributed by atoms with Crippen LogP contribution in [0, 0.1) is 0 Å². The molecule has 6 heteroatoms. The predicted molar refractivity (Wildman–Crippen MR) is 114 cm³/mol. The molecule has 146 valence electrons. The van der Waals surface area contributed by atoms with Crippen LogP contribution < -0.4 is 10.2 Å². The molecule has 2 aromatic carbocycles. The fourth-order valence-electron chi connectivity index (χ4n) is 3.80. The van der Waals surface area contributed by atoms with Crippen molar-refractivity contribution in [2.45, 2.75) is 36.0 Å². The molecule has 0 saturated carbocycles. The Morgan fingerprint density at radius 1 is 1.14 bits per heavy atom. The molecule has 0 aromatic heterocycles. The third kappa shape index (κ3) is 4.02. The van der Waals surface area contributed by atoms with Gasteiger partial charge >= 0.3 is 0 Å². The van der Waals surface area contributed by atoms with Crippen molar-refractivity contribution in [2.24, 2.45) is 0 Å². The Labute approximate surface area is 170 Å². The van der Waals surface area contributed by atoms with Gasteiger partial charge in [-0.25, -0.2) is 0 Å². The number of rotatable bonds is 5. The standard InChI is InChI=1S/C22H25N3O2S/c1-24(15-16-8-2-4-10-18(16)25-12-6-7-13-25)21(26)14-20-22(27)23-17-9-3-5-11-19(17)28-20/h2-5,8-11,20H,6-7,12-15H2,1H3,(H,23,27)/t20-/m1/s1. The summed E-state index contributed by atoms with van der Waals surface area (Å²) in [5.74, 6) is -0.105. The highest BCUT2D eigenvalue weighted by Gasteiger charge is 2.30. The Kier molecular flexibility index (Phi) is 5.57. The van der Waals surface area contributed by atoms with Gasteiger partial charge in [0, 0.05) is 43.7 Å². The average Bonchev–Trinajstić information content (AvgIpc) is 3.23. The first-order chi connectivity index (χ1) is 13.6. The van der Waals surface area contributed by atoms with Crippen molar-refractivity contribution in [3.05, 3.63) is 54.1 Å². The van der Waals surface area contributed by atoms with Gasteiger partial charge in [0.15, 0.2) is 0 Å². The van der Waals surface area contributed by atoms with Crippen molar-refractivity contribution in [3.8, 4) is 0 Å². The molecule has 1 saturated heterocycles. The molecule has 0 radical (unpaired) electrons. The summed E-state index contributed by atoms with van der Waals surface area (Å²) in [6, 6.07) is 16.0. The second-order valence-corrected chi connectivity index (χ2v) is 8.61. The molecule has 0 spiro atoms. The zero-order chi connectivity index (χ0) is 19.5. The van der Waals surface area contributed by atoms with Crippen LogP contribution in [0.5, 0.6) is 0 Å². The van der Waals surface area contributed by atoms with E-state index in [1.165, 1.54) is 30.3 Å². The van der Waals surface area contributed by atoms with Crippen LogP contribution in [0.3, 0.4) is 0 Å². The van der Waals surface area contributed by atoms with E-state index in [2.05, 4.69) is 28.4 Å². The molecule has 0 unspecified atom stereocenters. The van der Waals surface area contributed by atoms with Crippen LogP contribution >= 0.6 is 11.8 Å². The Morgan fingerprint density at radius 2 is 1.86 bits per heavy atom. The van der Waals surface area contributed by atoms with E-state index in [-0.39, 0.29) is 18.2 Å². The maximum atomic E-state index is 12.8. The summed E-state index contributed by atoms with van der Waals surface area (Å²) in [7, 11) is 1.82. The van der Waals surface area contributed by atoms with E-state index < -0.39 is 5.25 Å². The number of benzene rings is 2. The predicted octanol–water partition coefficient (Wildman–Crippen LogP) is 3.75. The minimum atomic E-state index is -0.390. The van der Waals surface area contributed by atoms with Gasteiger partial charge in [-0.15, -0.1) is 11.8 Å². The molecule has 2 aromatic rings. The molecule has 4 rings (SSSR count).